The Morgan fingerprint density at radius 1 is 1.48 bits per heavy atom. The van der Waals surface area contributed by atoms with Gasteiger partial charge in [0.2, 0.25) is 0 Å². The minimum absolute atomic E-state index is 0.0633. The molecule has 1 N–H and O–H groups in total. The first-order valence-electron chi connectivity index (χ1n) is 7.68. The van der Waals surface area contributed by atoms with Crippen LogP contribution >= 0.6 is 0 Å². The summed E-state index contributed by atoms with van der Waals surface area (Å²) in [6, 6.07) is 0. The van der Waals surface area contributed by atoms with Crippen molar-refractivity contribution in [3.63, 3.8) is 0 Å². The molecule has 0 bridgehead atoms. The molecule has 0 aliphatic carbocycles. The number of carbonyl (C=O) groups is 2. The largest absolute Gasteiger partial charge is 0.469 e. The van der Waals surface area contributed by atoms with E-state index in [9.17, 15) is 14.7 Å². The highest BCUT2D eigenvalue weighted by atomic mass is 16.6. The van der Waals surface area contributed by atoms with Crippen molar-refractivity contribution >= 4 is 11.9 Å². The van der Waals surface area contributed by atoms with Gasteiger partial charge >= 0.3 is 11.9 Å². The van der Waals surface area contributed by atoms with E-state index in [1.807, 2.05) is 11.1 Å². The lowest BCUT2D eigenvalue weighted by molar-refractivity contribution is -0.162. The molecule has 0 radical (unpaired) electrons. The van der Waals surface area contributed by atoms with Gasteiger partial charge in [0.1, 0.15) is 12.8 Å². The average molecular weight is 325 g/mol. The Bertz CT molecular complexity index is 501. The zero-order chi connectivity index (χ0) is 16.8. The number of aliphatic hydroxyl groups is 1. The number of allylic oxidation sites excluding steroid dienone is 2. The molecule has 2 aliphatic rings. The predicted molar refractivity (Wildman–Crippen MR) is 80.8 cm³/mol. The number of aliphatic hydroxyl groups excluding tert-OH is 1. The third-order valence-corrected chi connectivity index (χ3v) is 3.78. The second-order valence-corrected chi connectivity index (χ2v) is 5.73. The van der Waals surface area contributed by atoms with E-state index in [0.717, 1.165) is 19.3 Å². The van der Waals surface area contributed by atoms with Crippen molar-refractivity contribution in [1.29, 1.82) is 0 Å². The molecule has 2 heterocycles. The van der Waals surface area contributed by atoms with Crippen LogP contribution in [0.25, 0.3) is 0 Å². The Morgan fingerprint density at radius 2 is 2.26 bits per heavy atom. The maximum atomic E-state index is 11.6. The summed E-state index contributed by atoms with van der Waals surface area (Å²) in [4.78, 5) is 24.6. The first-order valence-corrected chi connectivity index (χ1v) is 7.68. The Hall–Kier alpha value is -1.86. The van der Waals surface area contributed by atoms with Gasteiger partial charge in [-0.3, -0.25) is 4.79 Å². The van der Waals surface area contributed by atoms with Gasteiger partial charge in [0.05, 0.1) is 19.6 Å². The molecule has 1 saturated heterocycles. The minimum atomic E-state index is -1.50. The van der Waals surface area contributed by atoms with Crippen LogP contribution in [-0.4, -0.2) is 54.1 Å². The molecule has 0 amide bonds. The van der Waals surface area contributed by atoms with E-state index in [2.05, 4.69) is 23.9 Å². The summed E-state index contributed by atoms with van der Waals surface area (Å²) in [5, 5.41) is 9.54. The van der Waals surface area contributed by atoms with Crippen molar-refractivity contribution in [1.82, 2.24) is 4.90 Å². The summed E-state index contributed by atoms with van der Waals surface area (Å²) in [7, 11) is 1.19. The fourth-order valence-electron chi connectivity index (χ4n) is 2.51. The number of nitrogens with zero attached hydrogens (tertiary/aromatic N) is 1. The van der Waals surface area contributed by atoms with Gasteiger partial charge in [-0.05, 0) is 26.2 Å². The first-order chi connectivity index (χ1) is 11.0. The normalized spacial score (nSPS) is 25.0. The molecule has 0 saturated carbocycles. The molecule has 2 aliphatic heterocycles. The molecule has 7 heteroatoms. The molecule has 0 aromatic carbocycles. The van der Waals surface area contributed by atoms with Gasteiger partial charge in [-0.25, -0.2) is 4.79 Å². The van der Waals surface area contributed by atoms with Crippen molar-refractivity contribution in [3.8, 4) is 0 Å². The molecular weight excluding hydrogens is 302 g/mol. The minimum Gasteiger partial charge on any atom is -0.469 e. The van der Waals surface area contributed by atoms with E-state index in [4.69, 9.17) is 9.47 Å². The zero-order valence-corrected chi connectivity index (χ0v) is 13.4. The topological polar surface area (TPSA) is 85.3 Å². The molecule has 3 atom stereocenters. The molecule has 7 nitrogen and oxygen atoms in total. The molecule has 0 aromatic rings. The standard InChI is InChI=1S/C16H23NO6/c1-11-4-3-7-17(9-11)14-6-5-12(23-14)10-22-16(20)13(18)8-15(19)21-2/h3,7,9,12-14,18H,4-6,8,10H2,1-2H3. The van der Waals surface area contributed by atoms with Crippen molar-refractivity contribution in [2.45, 2.75) is 51.0 Å². The highest BCUT2D eigenvalue weighted by molar-refractivity contribution is 5.81. The van der Waals surface area contributed by atoms with Crippen molar-refractivity contribution in [2.24, 2.45) is 0 Å². The van der Waals surface area contributed by atoms with Crippen molar-refractivity contribution < 1.29 is 28.9 Å². The lowest BCUT2D eigenvalue weighted by atomic mass is 10.2. The molecule has 128 valence electrons. The summed E-state index contributed by atoms with van der Waals surface area (Å²) >= 11 is 0. The van der Waals surface area contributed by atoms with Crippen LogP contribution in [0.4, 0.5) is 0 Å². The molecule has 23 heavy (non-hydrogen) atoms. The summed E-state index contributed by atoms with van der Waals surface area (Å²) in [6.07, 6.45) is 6.48. The van der Waals surface area contributed by atoms with E-state index in [1.54, 1.807) is 0 Å². The molecule has 0 spiro atoms. The summed E-state index contributed by atoms with van der Waals surface area (Å²) < 4.78 is 15.3. The van der Waals surface area contributed by atoms with Crippen LogP contribution < -0.4 is 0 Å². The van der Waals surface area contributed by atoms with Crippen LogP contribution in [0.3, 0.4) is 0 Å². The first kappa shape index (κ1) is 17.5. The van der Waals surface area contributed by atoms with Gasteiger partial charge in [-0.1, -0.05) is 11.6 Å². The van der Waals surface area contributed by atoms with Crippen LogP contribution in [-0.2, 0) is 23.8 Å². The van der Waals surface area contributed by atoms with E-state index in [-0.39, 0.29) is 18.9 Å². The third kappa shape index (κ3) is 5.07. The number of methoxy groups -OCH3 is 1. The van der Waals surface area contributed by atoms with Crippen LogP contribution in [0.2, 0.25) is 0 Å². The van der Waals surface area contributed by atoms with Gasteiger partial charge in [-0.2, -0.15) is 0 Å². The highest BCUT2D eigenvalue weighted by Crippen LogP contribution is 2.26. The molecule has 0 aromatic heterocycles. The van der Waals surface area contributed by atoms with Gasteiger partial charge in [-0.15, -0.1) is 0 Å². The maximum absolute atomic E-state index is 11.6. The maximum Gasteiger partial charge on any atom is 0.335 e. The third-order valence-electron chi connectivity index (χ3n) is 3.78. The number of esters is 2. The van der Waals surface area contributed by atoms with Gasteiger partial charge in [0, 0.05) is 12.4 Å². The van der Waals surface area contributed by atoms with Crippen molar-refractivity contribution in [3.05, 3.63) is 24.0 Å². The molecule has 2 rings (SSSR count). The van der Waals surface area contributed by atoms with E-state index < -0.39 is 24.5 Å². The molecule has 1 fully saturated rings. The van der Waals surface area contributed by atoms with Crippen LogP contribution in [0.5, 0.6) is 0 Å². The number of hydrogen-bond acceptors (Lipinski definition) is 7. The van der Waals surface area contributed by atoms with Gasteiger partial charge in [0.25, 0.3) is 0 Å². The van der Waals surface area contributed by atoms with Gasteiger partial charge < -0.3 is 24.2 Å². The van der Waals surface area contributed by atoms with Crippen LogP contribution in [0.1, 0.15) is 32.6 Å². The average Bonchev–Trinajstić information content (AvgIpc) is 3.01. The fourth-order valence-corrected chi connectivity index (χ4v) is 2.51. The summed E-state index contributed by atoms with van der Waals surface area (Å²) in [5.74, 6) is -1.50. The van der Waals surface area contributed by atoms with Gasteiger partial charge in [0.15, 0.2) is 6.10 Å². The second kappa shape index (κ2) is 8.12. The Labute approximate surface area is 135 Å². The second-order valence-electron chi connectivity index (χ2n) is 5.73. The van der Waals surface area contributed by atoms with E-state index >= 15 is 0 Å². The Balaban J connectivity index is 1.73. The lowest BCUT2D eigenvalue weighted by Crippen LogP contribution is -2.31. The zero-order valence-electron chi connectivity index (χ0n) is 13.4. The van der Waals surface area contributed by atoms with E-state index in [0.29, 0.717) is 0 Å². The number of hydrogen-bond donors (Lipinski definition) is 1. The SMILES string of the molecule is COC(=O)CC(O)C(=O)OCC1CCC(N2C=CCC(C)=C2)O1. The van der Waals surface area contributed by atoms with Crippen LogP contribution in [0, 0.1) is 0 Å². The highest BCUT2D eigenvalue weighted by Gasteiger charge is 2.30. The van der Waals surface area contributed by atoms with Crippen molar-refractivity contribution in [2.75, 3.05) is 13.7 Å². The van der Waals surface area contributed by atoms with E-state index in [1.165, 1.54) is 12.7 Å². The fraction of sp³-hybridized carbons (Fsp3) is 0.625. The molecule has 3 unspecified atom stereocenters. The quantitative estimate of drug-likeness (QED) is 0.731. The summed E-state index contributed by atoms with van der Waals surface area (Å²) in [6.45, 7) is 2.13. The predicted octanol–water partition coefficient (Wildman–Crippen LogP) is 1.08. The van der Waals surface area contributed by atoms with Crippen LogP contribution in [0.15, 0.2) is 24.0 Å². The monoisotopic (exact) mass is 325 g/mol. The Morgan fingerprint density at radius 3 is 2.96 bits per heavy atom. The number of rotatable bonds is 6. The Kier molecular flexibility index (Phi) is 6.18. The number of ether oxygens (including phenoxy) is 3. The smallest absolute Gasteiger partial charge is 0.335 e. The number of carbonyl (C=O) groups excluding carboxylic acids is 2. The molecular formula is C16H23NO6. The summed E-state index contributed by atoms with van der Waals surface area (Å²) in [5.41, 5.74) is 1.26. The lowest BCUT2D eigenvalue weighted by Gasteiger charge is -2.27.